The van der Waals surface area contributed by atoms with Crippen LogP contribution < -0.4 is 4.72 Å². The summed E-state index contributed by atoms with van der Waals surface area (Å²) in [6.07, 6.45) is 3.57. The summed E-state index contributed by atoms with van der Waals surface area (Å²) in [7, 11) is -3.58. The van der Waals surface area contributed by atoms with Crippen LogP contribution in [0.5, 0.6) is 0 Å². The summed E-state index contributed by atoms with van der Waals surface area (Å²) in [5.74, 6) is -1.25. The zero-order valence-corrected chi connectivity index (χ0v) is 18.5. The molecule has 0 aliphatic rings. The maximum atomic E-state index is 14.3. The van der Waals surface area contributed by atoms with E-state index < -0.39 is 21.8 Å². The molecule has 7 heteroatoms. The van der Waals surface area contributed by atoms with Gasteiger partial charge in [-0.25, -0.2) is 12.8 Å². The zero-order valence-electron chi connectivity index (χ0n) is 17.7. The molecular weight excluding hydrogens is 415 g/mol. The third-order valence-electron chi connectivity index (χ3n) is 5.12. The summed E-state index contributed by atoms with van der Waals surface area (Å²) < 4.78 is 39.0. The first kappa shape index (κ1) is 22.6. The van der Waals surface area contributed by atoms with Crippen molar-refractivity contribution in [2.45, 2.75) is 32.6 Å². The van der Waals surface area contributed by atoms with Crippen LogP contribution in [-0.4, -0.2) is 25.4 Å². The van der Waals surface area contributed by atoms with Gasteiger partial charge in [0.15, 0.2) is 0 Å². The molecule has 1 unspecified atom stereocenters. The highest BCUT2D eigenvalue weighted by Crippen LogP contribution is 2.27. The van der Waals surface area contributed by atoms with Crippen LogP contribution in [-0.2, 0) is 21.2 Å². The average Bonchev–Trinajstić information content (AvgIpc) is 2.73. The molecule has 0 aliphatic heterocycles. The first-order valence-electron chi connectivity index (χ1n) is 9.95. The van der Waals surface area contributed by atoms with Crippen molar-refractivity contribution in [2.24, 2.45) is 0 Å². The third kappa shape index (κ3) is 5.98. The van der Waals surface area contributed by atoms with E-state index in [0.29, 0.717) is 12.0 Å². The van der Waals surface area contributed by atoms with E-state index >= 15 is 0 Å². The summed E-state index contributed by atoms with van der Waals surface area (Å²) in [5, 5.41) is 0. The molecule has 0 saturated heterocycles. The van der Waals surface area contributed by atoms with Crippen molar-refractivity contribution in [1.29, 1.82) is 0 Å². The standard InChI is InChI=1S/C24H25FN2O3S/c1-16-13-21(18-7-5-4-6-8-18)20(15-26-16)10-12-24(28)17(2)19-9-11-23(22(25)14-19)27-31(3,29)30/h4-9,11,13-15,17,27H,10,12H2,1-3H3. The highest BCUT2D eigenvalue weighted by atomic mass is 32.2. The second kappa shape index (κ2) is 9.39. The smallest absolute Gasteiger partial charge is 0.229 e. The van der Waals surface area contributed by atoms with Gasteiger partial charge in [-0.2, -0.15) is 0 Å². The Hall–Kier alpha value is -3.06. The molecular formula is C24H25FN2O3S. The summed E-state index contributed by atoms with van der Waals surface area (Å²) in [4.78, 5) is 17.2. The van der Waals surface area contributed by atoms with Gasteiger partial charge in [0.25, 0.3) is 0 Å². The summed E-state index contributed by atoms with van der Waals surface area (Å²) in [5.41, 5.74) is 4.38. The molecule has 0 saturated carbocycles. The number of aryl methyl sites for hydroxylation is 2. The van der Waals surface area contributed by atoms with Crippen LogP contribution in [0.1, 0.15) is 36.1 Å². The minimum Gasteiger partial charge on any atom is -0.299 e. The van der Waals surface area contributed by atoms with Crippen LogP contribution in [0.3, 0.4) is 0 Å². The molecule has 31 heavy (non-hydrogen) atoms. The van der Waals surface area contributed by atoms with E-state index in [1.807, 2.05) is 43.3 Å². The molecule has 3 rings (SSSR count). The van der Waals surface area contributed by atoms with Gasteiger partial charge >= 0.3 is 0 Å². The van der Waals surface area contributed by atoms with Crippen LogP contribution in [0.15, 0.2) is 60.8 Å². The van der Waals surface area contributed by atoms with Crippen molar-refractivity contribution in [1.82, 2.24) is 4.98 Å². The highest BCUT2D eigenvalue weighted by Gasteiger charge is 2.18. The van der Waals surface area contributed by atoms with Crippen molar-refractivity contribution >= 4 is 21.5 Å². The van der Waals surface area contributed by atoms with E-state index in [-0.39, 0.29) is 17.9 Å². The van der Waals surface area contributed by atoms with E-state index in [0.717, 1.165) is 28.6 Å². The van der Waals surface area contributed by atoms with E-state index in [1.165, 1.54) is 12.1 Å². The Bertz CT molecular complexity index is 1190. The molecule has 1 aromatic heterocycles. The Balaban J connectivity index is 1.74. The largest absolute Gasteiger partial charge is 0.299 e. The fraction of sp³-hybridized carbons (Fsp3) is 0.250. The van der Waals surface area contributed by atoms with Gasteiger partial charge in [0, 0.05) is 24.2 Å². The number of sulfonamides is 1. The van der Waals surface area contributed by atoms with Crippen molar-refractivity contribution in [2.75, 3.05) is 11.0 Å². The number of Topliss-reactive ketones (excluding diaryl/α,β-unsaturated/α-hetero) is 1. The van der Waals surface area contributed by atoms with Crippen molar-refractivity contribution < 1.29 is 17.6 Å². The Morgan fingerprint density at radius 1 is 1.13 bits per heavy atom. The van der Waals surface area contributed by atoms with E-state index in [9.17, 15) is 17.6 Å². The fourth-order valence-corrected chi connectivity index (χ4v) is 3.98. The lowest BCUT2D eigenvalue weighted by Gasteiger charge is -2.14. The van der Waals surface area contributed by atoms with Crippen LogP contribution >= 0.6 is 0 Å². The maximum Gasteiger partial charge on any atom is 0.229 e. The van der Waals surface area contributed by atoms with Crippen LogP contribution in [0.25, 0.3) is 11.1 Å². The number of rotatable bonds is 8. The van der Waals surface area contributed by atoms with Gasteiger partial charge in [-0.15, -0.1) is 0 Å². The summed E-state index contributed by atoms with van der Waals surface area (Å²) in [6.45, 7) is 3.66. The summed E-state index contributed by atoms with van der Waals surface area (Å²) >= 11 is 0. The number of ketones is 1. The Labute approximate surface area is 182 Å². The molecule has 162 valence electrons. The number of hydrogen-bond acceptors (Lipinski definition) is 4. The SMILES string of the molecule is Cc1cc(-c2ccccc2)c(CCC(=O)C(C)c2ccc(NS(C)(=O)=O)c(F)c2)cn1. The lowest BCUT2D eigenvalue weighted by Crippen LogP contribution is -2.13. The zero-order chi connectivity index (χ0) is 22.6. The molecule has 0 bridgehead atoms. The Morgan fingerprint density at radius 2 is 1.84 bits per heavy atom. The molecule has 0 fully saturated rings. The average molecular weight is 441 g/mol. The van der Waals surface area contributed by atoms with Gasteiger partial charge in [0.1, 0.15) is 11.6 Å². The van der Waals surface area contributed by atoms with Gasteiger partial charge in [0.2, 0.25) is 10.0 Å². The van der Waals surface area contributed by atoms with Crippen molar-refractivity contribution in [3.05, 3.63) is 83.4 Å². The number of nitrogens with one attached hydrogen (secondary N) is 1. The van der Waals surface area contributed by atoms with Crippen molar-refractivity contribution in [3.8, 4) is 11.1 Å². The van der Waals surface area contributed by atoms with E-state index in [2.05, 4.69) is 9.71 Å². The predicted octanol–water partition coefficient (Wildman–Crippen LogP) is 4.87. The molecule has 1 heterocycles. The number of benzene rings is 2. The number of carbonyl (C=O) groups is 1. The number of aromatic nitrogens is 1. The van der Waals surface area contributed by atoms with Gasteiger partial charge in [-0.3, -0.25) is 14.5 Å². The molecule has 1 N–H and O–H groups in total. The quantitative estimate of drug-likeness (QED) is 0.542. The molecule has 0 amide bonds. The normalized spacial score (nSPS) is 12.4. The lowest BCUT2D eigenvalue weighted by molar-refractivity contribution is -0.120. The monoisotopic (exact) mass is 440 g/mol. The molecule has 0 aliphatic carbocycles. The van der Waals surface area contributed by atoms with Crippen LogP contribution in [0, 0.1) is 12.7 Å². The van der Waals surface area contributed by atoms with Crippen LogP contribution in [0.2, 0.25) is 0 Å². The topological polar surface area (TPSA) is 76.1 Å². The highest BCUT2D eigenvalue weighted by molar-refractivity contribution is 7.92. The minimum atomic E-state index is -3.58. The number of carbonyl (C=O) groups excluding carboxylic acids is 1. The fourth-order valence-electron chi connectivity index (χ4n) is 3.42. The third-order valence-corrected chi connectivity index (χ3v) is 5.71. The molecule has 0 radical (unpaired) electrons. The number of hydrogen-bond donors (Lipinski definition) is 1. The number of anilines is 1. The van der Waals surface area contributed by atoms with Gasteiger partial charge in [0.05, 0.1) is 11.9 Å². The first-order chi connectivity index (χ1) is 14.6. The lowest BCUT2D eigenvalue weighted by atomic mass is 9.91. The Morgan fingerprint density at radius 3 is 2.48 bits per heavy atom. The molecule has 3 aromatic rings. The Kier molecular flexibility index (Phi) is 6.85. The number of pyridine rings is 1. The molecule has 5 nitrogen and oxygen atoms in total. The predicted molar refractivity (Wildman–Crippen MR) is 121 cm³/mol. The molecule has 1 atom stereocenters. The van der Waals surface area contributed by atoms with Gasteiger partial charge in [-0.1, -0.05) is 43.3 Å². The van der Waals surface area contributed by atoms with Crippen molar-refractivity contribution in [3.63, 3.8) is 0 Å². The van der Waals surface area contributed by atoms with E-state index in [4.69, 9.17) is 0 Å². The first-order valence-corrected chi connectivity index (χ1v) is 11.8. The maximum absolute atomic E-state index is 14.3. The number of nitrogens with zero attached hydrogens (tertiary/aromatic N) is 1. The van der Waals surface area contributed by atoms with Gasteiger partial charge < -0.3 is 0 Å². The summed E-state index contributed by atoms with van der Waals surface area (Å²) in [6, 6.07) is 16.1. The van der Waals surface area contributed by atoms with E-state index in [1.54, 1.807) is 19.2 Å². The number of halogens is 1. The molecule has 2 aromatic carbocycles. The van der Waals surface area contributed by atoms with Gasteiger partial charge in [-0.05, 0) is 53.8 Å². The van der Waals surface area contributed by atoms with Crippen LogP contribution in [0.4, 0.5) is 10.1 Å². The minimum absolute atomic E-state index is 0.0252. The second-order valence-electron chi connectivity index (χ2n) is 7.65. The molecule has 0 spiro atoms. The second-order valence-corrected chi connectivity index (χ2v) is 9.40.